The highest BCUT2D eigenvalue weighted by Crippen LogP contribution is 2.28. The number of hydrogen-bond donors (Lipinski definition) is 2. The third-order valence-electron chi connectivity index (χ3n) is 4.16. The first kappa shape index (κ1) is 21.9. The summed E-state index contributed by atoms with van der Waals surface area (Å²) in [6.07, 6.45) is -1.20. The molecule has 2 aromatic carbocycles. The third kappa shape index (κ3) is 5.81. The van der Waals surface area contributed by atoms with Gasteiger partial charge in [-0.2, -0.15) is 0 Å². The van der Waals surface area contributed by atoms with Crippen LogP contribution in [-0.2, 0) is 9.53 Å². The molecular formula is C22H26N2O5. The van der Waals surface area contributed by atoms with Crippen LogP contribution in [0.3, 0.4) is 0 Å². The van der Waals surface area contributed by atoms with Crippen molar-refractivity contribution >= 4 is 23.7 Å². The van der Waals surface area contributed by atoms with Crippen LogP contribution in [0.4, 0.5) is 10.5 Å². The lowest BCUT2D eigenvalue weighted by Gasteiger charge is -2.34. The Balaban J connectivity index is 2.46. The first-order valence-electron chi connectivity index (χ1n) is 9.17. The van der Waals surface area contributed by atoms with E-state index < -0.39 is 24.0 Å². The van der Waals surface area contributed by atoms with Crippen molar-refractivity contribution in [3.63, 3.8) is 0 Å². The van der Waals surface area contributed by atoms with Gasteiger partial charge in [0.2, 0.25) is 0 Å². The molecule has 0 saturated heterocycles. The Bertz CT molecular complexity index is 874. The Kier molecular flexibility index (Phi) is 6.98. The fraction of sp³-hybridized carbons (Fsp3) is 0.318. The minimum Gasteiger partial charge on any atom is -0.465 e. The van der Waals surface area contributed by atoms with Crippen LogP contribution < -0.4 is 5.32 Å². The summed E-state index contributed by atoms with van der Waals surface area (Å²) in [7, 11) is 1.25. The molecule has 7 nitrogen and oxygen atoms in total. The second kappa shape index (κ2) is 9.23. The molecule has 2 N–H and O–H groups in total. The van der Waals surface area contributed by atoms with Gasteiger partial charge in [-0.15, -0.1) is 0 Å². The number of benzene rings is 2. The zero-order chi connectivity index (χ0) is 21.6. The van der Waals surface area contributed by atoms with E-state index in [4.69, 9.17) is 4.74 Å². The monoisotopic (exact) mass is 398 g/mol. The lowest BCUT2D eigenvalue weighted by molar-refractivity contribution is -0.121. The fourth-order valence-corrected chi connectivity index (χ4v) is 2.97. The first-order valence-corrected chi connectivity index (χ1v) is 9.17. The molecule has 0 spiro atoms. The van der Waals surface area contributed by atoms with Crippen molar-refractivity contribution < 1.29 is 24.2 Å². The average Bonchev–Trinajstić information content (AvgIpc) is 2.67. The summed E-state index contributed by atoms with van der Waals surface area (Å²) in [6.45, 7) is 5.84. The maximum atomic E-state index is 13.2. The van der Waals surface area contributed by atoms with Crippen LogP contribution in [0.15, 0.2) is 54.6 Å². The molecule has 0 aliphatic carbocycles. The van der Waals surface area contributed by atoms with Gasteiger partial charge in [-0.1, -0.05) is 63.2 Å². The highest BCUT2D eigenvalue weighted by molar-refractivity contribution is 6.03. The number of nitrogens with one attached hydrogen (secondary N) is 1. The molecule has 1 unspecified atom stereocenters. The molecular weight excluding hydrogens is 372 g/mol. The molecule has 0 heterocycles. The summed E-state index contributed by atoms with van der Waals surface area (Å²) >= 11 is 0. The molecule has 2 amide bonds. The lowest BCUT2D eigenvalue weighted by atomic mass is 9.94. The maximum Gasteiger partial charge on any atom is 0.408 e. The second-order valence-electron chi connectivity index (χ2n) is 7.81. The molecule has 1 atom stereocenters. The lowest BCUT2D eigenvalue weighted by Crippen LogP contribution is -2.44. The van der Waals surface area contributed by atoms with Crippen molar-refractivity contribution in [3.8, 4) is 0 Å². The van der Waals surface area contributed by atoms with Gasteiger partial charge in [0.15, 0.2) is 0 Å². The second-order valence-corrected chi connectivity index (χ2v) is 7.81. The Morgan fingerprint density at radius 2 is 1.62 bits per heavy atom. The van der Waals surface area contributed by atoms with E-state index in [1.807, 2.05) is 20.8 Å². The van der Waals surface area contributed by atoms with Crippen LogP contribution in [0, 0.1) is 5.41 Å². The Hall–Kier alpha value is -3.35. The number of nitrogens with zero attached hydrogens (tertiary/aromatic N) is 1. The van der Waals surface area contributed by atoms with Crippen molar-refractivity contribution in [2.45, 2.75) is 26.8 Å². The van der Waals surface area contributed by atoms with E-state index >= 15 is 0 Å². The van der Waals surface area contributed by atoms with Crippen LogP contribution in [0.1, 0.15) is 42.7 Å². The standard InChI is InChI=1S/C22H26N2O5/c1-22(2,3)14-24(21(27)28)18(15-10-6-5-7-11-15)19(25)23-17-13-9-8-12-16(17)20(26)29-4/h5-13,18H,14H2,1-4H3,(H,23,25)(H,27,28). The predicted molar refractivity (Wildman–Crippen MR) is 110 cm³/mol. The number of carbonyl (C=O) groups is 3. The van der Waals surface area contributed by atoms with E-state index in [1.165, 1.54) is 13.2 Å². The fourth-order valence-electron chi connectivity index (χ4n) is 2.97. The maximum absolute atomic E-state index is 13.2. The first-order chi connectivity index (χ1) is 13.6. The Labute approximate surface area is 170 Å². The number of methoxy groups -OCH3 is 1. The number of rotatable bonds is 6. The van der Waals surface area contributed by atoms with E-state index in [0.29, 0.717) is 5.56 Å². The molecule has 29 heavy (non-hydrogen) atoms. The van der Waals surface area contributed by atoms with Crippen LogP contribution in [0.5, 0.6) is 0 Å². The number of esters is 1. The summed E-state index contributed by atoms with van der Waals surface area (Å²) in [5, 5.41) is 12.5. The molecule has 0 aliphatic heterocycles. The van der Waals surface area contributed by atoms with Crippen LogP contribution >= 0.6 is 0 Å². The SMILES string of the molecule is COC(=O)c1ccccc1NC(=O)C(c1ccccc1)N(CC(C)(C)C)C(=O)O. The minimum absolute atomic E-state index is 0.147. The minimum atomic E-state index is -1.20. The number of anilines is 1. The van der Waals surface area contributed by atoms with E-state index in [9.17, 15) is 19.5 Å². The van der Waals surface area contributed by atoms with Crippen LogP contribution in [-0.4, -0.2) is 41.6 Å². The summed E-state index contributed by atoms with van der Waals surface area (Å²) in [6, 6.07) is 14.0. The summed E-state index contributed by atoms with van der Waals surface area (Å²) in [4.78, 5) is 38.4. The third-order valence-corrected chi connectivity index (χ3v) is 4.16. The molecule has 0 bridgehead atoms. The molecule has 0 aliphatic rings. The quantitative estimate of drug-likeness (QED) is 0.712. The summed E-state index contributed by atoms with van der Waals surface area (Å²) < 4.78 is 4.76. The van der Waals surface area contributed by atoms with E-state index in [2.05, 4.69) is 5.32 Å². The Morgan fingerprint density at radius 3 is 2.17 bits per heavy atom. The summed E-state index contributed by atoms with van der Waals surface area (Å²) in [5.74, 6) is -1.15. The zero-order valence-corrected chi connectivity index (χ0v) is 17.0. The van der Waals surface area contributed by atoms with Gasteiger partial charge >= 0.3 is 12.1 Å². The van der Waals surface area contributed by atoms with Crippen LogP contribution in [0.2, 0.25) is 0 Å². The molecule has 0 radical (unpaired) electrons. The van der Waals surface area contributed by atoms with Crippen molar-refractivity contribution in [1.29, 1.82) is 0 Å². The van der Waals surface area contributed by atoms with Crippen LogP contribution in [0.25, 0.3) is 0 Å². The van der Waals surface area contributed by atoms with Gasteiger partial charge in [-0.25, -0.2) is 9.59 Å². The largest absolute Gasteiger partial charge is 0.465 e. The molecule has 0 saturated carbocycles. The molecule has 2 aromatic rings. The topological polar surface area (TPSA) is 95.9 Å². The van der Waals surface area contributed by atoms with Gasteiger partial charge in [-0.3, -0.25) is 9.69 Å². The van der Waals surface area contributed by atoms with E-state index in [1.54, 1.807) is 48.5 Å². The van der Waals surface area contributed by atoms with Gasteiger partial charge in [0.25, 0.3) is 5.91 Å². The van der Waals surface area contributed by atoms with E-state index in [-0.39, 0.29) is 23.2 Å². The molecule has 2 rings (SSSR count). The normalized spacial score (nSPS) is 12.0. The predicted octanol–water partition coefficient (Wildman–Crippen LogP) is 4.18. The summed E-state index contributed by atoms with van der Waals surface area (Å²) in [5.41, 5.74) is 0.613. The number of para-hydroxylation sites is 1. The van der Waals surface area contributed by atoms with Crippen molar-refractivity contribution in [3.05, 3.63) is 65.7 Å². The number of ether oxygens (including phenoxy) is 1. The van der Waals surface area contributed by atoms with Gasteiger partial charge in [0.05, 0.1) is 18.4 Å². The van der Waals surface area contributed by atoms with Crippen molar-refractivity contribution in [2.75, 3.05) is 19.0 Å². The van der Waals surface area contributed by atoms with Crippen molar-refractivity contribution in [1.82, 2.24) is 4.90 Å². The van der Waals surface area contributed by atoms with Gasteiger partial charge < -0.3 is 15.2 Å². The molecule has 0 fully saturated rings. The number of amides is 2. The van der Waals surface area contributed by atoms with Gasteiger partial charge in [-0.05, 0) is 23.1 Å². The smallest absolute Gasteiger partial charge is 0.408 e. The molecule has 0 aromatic heterocycles. The average molecular weight is 398 g/mol. The van der Waals surface area contributed by atoms with E-state index in [0.717, 1.165) is 4.90 Å². The van der Waals surface area contributed by atoms with Crippen molar-refractivity contribution in [2.24, 2.45) is 5.41 Å². The zero-order valence-electron chi connectivity index (χ0n) is 17.0. The highest BCUT2D eigenvalue weighted by atomic mass is 16.5. The van der Waals surface area contributed by atoms with Gasteiger partial charge in [0, 0.05) is 6.54 Å². The van der Waals surface area contributed by atoms with Gasteiger partial charge in [0.1, 0.15) is 6.04 Å². The molecule has 154 valence electrons. The Morgan fingerprint density at radius 1 is 1.03 bits per heavy atom. The molecule has 7 heteroatoms. The number of carboxylic acid groups (broad SMARTS) is 1. The highest BCUT2D eigenvalue weighted by Gasteiger charge is 2.34. The number of carbonyl (C=O) groups excluding carboxylic acids is 2. The number of hydrogen-bond acceptors (Lipinski definition) is 4.